The molecule has 0 radical (unpaired) electrons. The van der Waals surface area contributed by atoms with E-state index in [1.54, 1.807) is 18.0 Å². The average Bonchev–Trinajstić information content (AvgIpc) is 3.23. The number of carbonyl (C=O) groups is 1. The zero-order valence-corrected chi connectivity index (χ0v) is 15.8. The van der Waals surface area contributed by atoms with Crippen LogP contribution in [0.4, 0.5) is 0 Å². The lowest BCUT2D eigenvalue weighted by Crippen LogP contribution is -2.55. The number of pyridine rings is 1. The molecular weight excluding hydrogens is 322 g/mol. The Balaban J connectivity index is 1.69. The molecule has 2 N–H and O–H groups in total. The summed E-state index contributed by atoms with van der Waals surface area (Å²) in [6.45, 7) is 9.38. The van der Waals surface area contributed by atoms with E-state index in [-0.39, 0.29) is 17.4 Å². The lowest BCUT2D eigenvalue weighted by atomic mass is 9.97. The van der Waals surface area contributed by atoms with Crippen LogP contribution < -0.4 is 10.5 Å². The van der Waals surface area contributed by atoms with Gasteiger partial charge in [0.2, 0.25) is 11.8 Å². The van der Waals surface area contributed by atoms with Gasteiger partial charge < -0.3 is 10.5 Å². The van der Waals surface area contributed by atoms with E-state index in [2.05, 4.69) is 37.6 Å². The molecule has 1 saturated carbocycles. The predicted octanol–water partition coefficient (Wildman–Crippen LogP) is 2.40. The van der Waals surface area contributed by atoms with Crippen molar-refractivity contribution < 1.29 is 9.53 Å². The van der Waals surface area contributed by atoms with Gasteiger partial charge in [-0.3, -0.25) is 9.69 Å². The van der Waals surface area contributed by atoms with Gasteiger partial charge in [0.1, 0.15) is 6.61 Å². The van der Waals surface area contributed by atoms with Crippen molar-refractivity contribution in [3.63, 3.8) is 0 Å². The predicted molar refractivity (Wildman–Crippen MR) is 96.0 cm³/mol. The van der Waals surface area contributed by atoms with Crippen LogP contribution in [0.1, 0.15) is 27.7 Å². The van der Waals surface area contributed by atoms with Crippen LogP contribution in [0.15, 0.2) is 23.2 Å². The molecule has 1 saturated heterocycles. The van der Waals surface area contributed by atoms with Crippen molar-refractivity contribution in [2.75, 3.05) is 12.9 Å². The first-order valence-corrected chi connectivity index (χ1v) is 9.71. The van der Waals surface area contributed by atoms with E-state index in [1.165, 1.54) is 0 Å². The Bertz CT molecular complexity index is 620. The molecule has 2 fully saturated rings. The third kappa shape index (κ3) is 2.80. The van der Waals surface area contributed by atoms with Gasteiger partial charge in [0, 0.05) is 29.7 Å². The lowest BCUT2D eigenvalue weighted by molar-refractivity contribution is -0.121. The van der Waals surface area contributed by atoms with Crippen molar-refractivity contribution in [1.29, 1.82) is 0 Å². The third-order valence-corrected chi connectivity index (χ3v) is 6.42. The minimum absolute atomic E-state index is 0.0573. The van der Waals surface area contributed by atoms with Crippen LogP contribution in [0.3, 0.4) is 0 Å². The number of ether oxygens (including phenoxy) is 1. The number of piperidine rings is 1. The van der Waals surface area contributed by atoms with Crippen molar-refractivity contribution in [2.24, 2.45) is 23.5 Å². The summed E-state index contributed by atoms with van der Waals surface area (Å²) in [5.41, 5.74) is 5.40. The summed E-state index contributed by atoms with van der Waals surface area (Å²) in [5.74, 6) is 1.40. The molecule has 0 bridgehead atoms. The summed E-state index contributed by atoms with van der Waals surface area (Å²) >= 11 is 1.64. The number of thioether (sulfide) groups is 1. The number of hydrogen-bond acceptors (Lipinski definition) is 5. The normalized spacial score (nSPS) is 32.5. The van der Waals surface area contributed by atoms with Gasteiger partial charge in [-0.25, -0.2) is 4.98 Å². The highest BCUT2D eigenvalue weighted by atomic mass is 32.2. The van der Waals surface area contributed by atoms with Crippen molar-refractivity contribution in [3.8, 4) is 5.88 Å². The first kappa shape index (κ1) is 17.5. The van der Waals surface area contributed by atoms with Gasteiger partial charge in [-0.05, 0) is 57.9 Å². The molecule has 1 aromatic heterocycles. The smallest absolute Gasteiger partial charge is 0.227 e. The second kappa shape index (κ2) is 6.23. The van der Waals surface area contributed by atoms with Gasteiger partial charge in [-0.2, -0.15) is 0 Å². The quantitative estimate of drug-likeness (QED) is 0.799. The zero-order chi connectivity index (χ0) is 17.6. The second-order valence-corrected chi connectivity index (χ2v) is 8.43. The maximum Gasteiger partial charge on any atom is 0.227 e. The Labute approximate surface area is 148 Å². The number of rotatable bonds is 6. The van der Waals surface area contributed by atoms with E-state index in [1.807, 2.05) is 18.4 Å². The number of nitrogens with zero attached hydrogens (tertiary/aromatic N) is 2. The van der Waals surface area contributed by atoms with Crippen molar-refractivity contribution in [2.45, 2.75) is 50.2 Å². The molecular formula is C18H27N3O2S. The fourth-order valence-corrected chi connectivity index (χ4v) is 5.29. The van der Waals surface area contributed by atoms with Crippen LogP contribution in [0, 0.1) is 17.8 Å². The molecule has 1 aliphatic carbocycles. The maximum atomic E-state index is 11.6. The molecule has 2 heterocycles. The number of primary amides is 1. The summed E-state index contributed by atoms with van der Waals surface area (Å²) < 4.78 is 6.06. The first-order chi connectivity index (χ1) is 11.3. The number of hydrogen-bond donors (Lipinski definition) is 1. The molecule has 5 nitrogen and oxygen atoms in total. The summed E-state index contributed by atoms with van der Waals surface area (Å²) in [6, 6.07) is 4.62. The zero-order valence-electron chi connectivity index (χ0n) is 15.0. The highest BCUT2D eigenvalue weighted by molar-refractivity contribution is 7.98. The summed E-state index contributed by atoms with van der Waals surface area (Å²) in [7, 11) is 0. The van der Waals surface area contributed by atoms with Crippen LogP contribution in [-0.4, -0.2) is 46.3 Å². The van der Waals surface area contributed by atoms with Gasteiger partial charge in [0.05, 0.1) is 4.90 Å². The number of carbonyl (C=O) groups excluding carboxylic acids is 1. The van der Waals surface area contributed by atoms with E-state index in [4.69, 9.17) is 10.5 Å². The van der Waals surface area contributed by atoms with Gasteiger partial charge in [0.15, 0.2) is 0 Å². The number of nitrogens with two attached hydrogens (primary N) is 1. The Morgan fingerprint density at radius 1 is 1.38 bits per heavy atom. The van der Waals surface area contributed by atoms with E-state index >= 15 is 0 Å². The number of likely N-dealkylation sites (tertiary alicyclic amines) is 1. The van der Waals surface area contributed by atoms with Gasteiger partial charge >= 0.3 is 0 Å². The second-order valence-electron chi connectivity index (χ2n) is 7.58. The Morgan fingerprint density at radius 2 is 2.00 bits per heavy atom. The Hall–Kier alpha value is -1.27. The van der Waals surface area contributed by atoms with Crippen molar-refractivity contribution in [1.82, 2.24) is 9.88 Å². The lowest BCUT2D eigenvalue weighted by Gasteiger charge is -2.43. The van der Waals surface area contributed by atoms with E-state index in [9.17, 15) is 4.79 Å². The van der Waals surface area contributed by atoms with E-state index in [0.29, 0.717) is 36.4 Å². The molecule has 0 aromatic carbocycles. The maximum absolute atomic E-state index is 11.6. The fourth-order valence-electron chi connectivity index (χ4n) is 4.79. The number of amides is 1. The van der Waals surface area contributed by atoms with E-state index < -0.39 is 0 Å². The standard InChI is InChI=1S/C18H27N3O2S/c1-10-13-14(15(13)16(19)22)11(2)21(10)18(3,4)9-23-17-12(24-5)7-6-8-20-17/h6-8,10-11,13-15H,9H2,1-5H3,(H2,19,22). The fraction of sp³-hybridized carbons (Fsp3) is 0.667. The first-order valence-electron chi connectivity index (χ1n) is 8.49. The van der Waals surface area contributed by atoms with Crippen LogP contribution in [0.5, 0.6) is 5.88 Å². The Morgan fingerprint density at radius 3 is 2.54 bits per heavy atom. The van der Waals surface area contributed by atoms with Crippen LogP contribution in [-0.2, 0) is 4.79 Å². The largest absolute Gasteiger partial charge is 0.475 e. The molecule has 0 spiro atoms. The van der Waals surface area contributed by atoms with Crippen LogP contribution in [0.25, 0.3) is 0 Å². The SMILES string of the molecule is CSc1cccnc1OCC(C)(C)N1C(C)C2C(C(N)=O)C2C1C. The minimum Gasteiger partial charge on any atom is -0.475 e. The molecule has 132 valence electrons. The number of fused-ring (bicyclic) bond motifs is 1. The summed E-state index contributed by atoms with van der Waals surface area (Å²) in [4.78, 5) is 19.5. The minimum atomic E-state index is -0.143. The Kier molecular flexibility index (Phi) is 4.55. The molecule has 2 aliphatic rings. The van der Waals surface area contributed by atoms with Crippen molar-refractivity contribution in [3.05, 3.63) is 18.3 Å². The molecule has 24 heavy (non-hydrogen) atoms. The van der Waals surface area contributed by atoms with Crippen LogP contribution >= 0.6 is 11.8 Å². The van der Waals surface area contributed by atoms with Crippen molar-refractivity contribution >= 4 is 17.7 Å². The van der Waals surface area contributed by atoms with E-state index in [0.717, 1.165) is 4.90 Å². The number of aromatic nitrogens is 1. The highest BCUT2D eigenvalue weighted by Crippen LogP contribution is 2.60. The van der Waals surface area contributed by atoms with Gasteiger partial charge in [-0.15, -0.1) is 11.8 Å². The topological polar surface area (TPSA) is 68.4 Å². The summed E-state index contributed by atoms with van der Waals surface area (Å²) in [5, 5.41) is 0. The molecule has 1 amide bonds. The highest BCUT2D eigenvalue weighted by Gasteiger charge is 2.67. The molecule has 4 atom stereocenters. The summed E-state index contributed by atoms with van der Waals surface area (Å²) in [6.07, 6.45) is 3.78. The monoisotopic (exact) mass is 349 g/mol. The third-order valence-electron chi connectivity index (χ3n) is 5.67. The molecule has 4 unspecified atom stereocenters. The molecule has 6 heteroatoms. The van der Waals surface area contributed by atoms with Gasteiger partial charge in [-0.1, -0.05) is 0 Å². The van der Waals surface area contributed by atoms with Crippen LogP contribution in [0.2, 0.25) is 0 Å². The van der Waals surface area contributed by atoms with Gasteiger partial charge in [0.25, 0.3) is 0 Å². The molecule has 3 rings (SSSR count). The molecule has 1 aromatic rings. The molecule has 1 aliphatic heterocycles. The average molecular weight is 350 g/mol.